The molecule has 1 fully saturated rings. The maximum Gasteiger partial charge on any atom is 0.170 e. The normalized spacial score (nSPS) is 21.3. The minimum absolute atomic E-state index is 0.0870. The summed E-state index contributed by atoms with van der Waals surface area (Å²) in [5.41, 5.74) is 3.34. The Labute approximate surface area is 158 Å². The fraction of sp³-hybridized carbons (Fsp3) is 0.480. The summed E-state index contributed by atoms with van der Waals surface area (Å²) in [5.74, 6) is 1.75. The van der Waals surface area contributed by atoms with Crippen molar-refractivity contribution in [1.82, 2.24) is 0 Å². The Balaban J connectivity index is 1.59. The molecule has 0 bridgehead atoms. The Morgan fingerprint density at radius 3 is 2.23 bits per heavy atom. The van der Waals surface area contributed by atoms with Gasteiger partial charge in [-0.2, -0.15) is 0 Å². The Kier molecular flexibility index (Phi) is 6.66. The van der Waals surface area contributed by atoms with Gasteiger partial charge in [0.1, 0.15) is 0 Å². The van der Waals surface area contributed by atoms with Crippen LogP contribution in [0.3, 0.4) is 0 Å². The number of rotatable bonds is 7. The van der Waals surface area contributed by atoms with Crippen molar-refractivity contribution in [3.8, 4) is 0 Å². The zero-order valence-corrected chi connectivity index (χ0v) is 16.3. The summed E-state index contributed by atoms with van der Waals surface area (Å²) in [7, 11) is 0. The van der Waals surface area contributed by atoms with Gasteiger partial charge in [-0.1, -0.05) is 87.7 Å². The van der Waals surface area contributed by atoms with E-state index in [1.165, 1.54) is 50.5 Å². The number of carbonyl (C=O) groups excluding carboxylic acids is 1. The molecular formula is C25H32O. The van der Waals surface area contributed by atoms with E-state index in [0.29, 0.717) is 5.92 Å². The average Bonchev–Trinajstić information content (AvgIpc) is 2.72. The van der Waals surface area contributed by atoms with Crippen molar-refractivity contribution in [3.63, 3.8) is 0 Å². The molecule has 26 heavy (non-hydrogen) atoms. The van der Waals surface area contributed by atoms with Crippen molar-refractivity contribution >= 4 is 5.78 Å². The number of benzene rings is 2. The maximum absolute atomic E-state index is 12.8. The van der Waals surface area contributed by atoms with Gasteiger partial charge in [0.15, 0.2) is 5.78 Å². The molecule has 2 aromatic carbocycles. The molecule has 0 amide bonds. The minimum Gasteiger partial charge on any atom is -0.294 e. The second kappa shape index (κ2) is 9.16. The lowest BCUT2D eigenvalue weighted by Crippen LogP contribution is -2.14. The van der Waals surface area contributed by atoms with Crippen LogP contribution in [0.5, 0.6) is 0 Å². The molecule has 0 unspecified atom stereocenters. The largest absolute Gasteiger partial charge is 0.294 e. The molecule has 1 aliphatic carbocycles. The highest BCUT2D eigenvalue weighted by atomic mass is 16.1. The molecule has 138 valence electrons. The summed E-state index contributed by atoms with van der Waals surface area (Å²) in [6.45, 7) is 4.29. The molecule has 1 nitrogen and oxygen atoms in total. The third-order valence-electron chi connectivity index (χ3n) is 6.17. The predicted molar refractivity (Wildman–Crippen MR) is 110 cm³/mol. The van der Waals surface area contributed by atoms with E-state index in [4.69, 9.17) is 0 Å². The molecule has 0 N–H and O–H groups in total. The molecule has 0 aliphatic heterocycles. The van der Waals surface area contributed by atoms with Crippen LogP contribution in [-0.2, 0) is 0 Å². The minimum atomic E-state index is -0.0870. The molecule has 0 radical (unpaired) electrons. The van der Waals surface area contributed by atoms with Crippen LogP contribution in [-0.4, -0.2) is 5.78 Å². The van der Waals surface area contributed by atoms with Gasteiger partial charge < -0.3 is 0 Å². The van der Waals surface area contributed by atoms with Crippen molar-refractivity contribution < 1.29 is 4.79 Å². The van der Waals surface area contributed by atoms with Gasteiger partial charge in [0.25, 0.3) is 0 Å². The van der Waals surface area contributed by atoms with Gasteiger partial charge in [-0.15, -0.1) is 0 Å². The number of carbonyl (C=O) groups is 1. The average molecular weight is 349 g/mol. The zero-order valence-electron chi connectivity index (χ0n) is 16.3. The number of hydrogen-bond acceptors (Lipinski definition) is 1. The quantitative estimate of drug-likeness (QED) is 0.486. The van der Waals surface area contributed by atoms with Gasteiger partial charge in [0, 0.05) is 11.5 Å². The highest BCUT2D eigenvalue weighted by Gasteiger charge is 2.23. The van der Waals surface area contributed by atoms with Crippen LogP contribution >= 0.6 is 0 Å². The van der Waals surface area contributed by atoms with E-state index in [1.54, 1.807) is 0 Å². The Hall–Kier alpha value is -1.89. The summed E-state index contributed by atoms with van der Waals surface area (Å²) >= 11 is 0. The molecule has 0 saturated heterocycles. The molecular weight excluding hydrogens is 316 g/mol. The van der Waals surface area contributed by atoms with E-state index in [-0.39, 0.29) is 11.7 Å². The van der Waals surface area contributed by atoms with Crippen molar-refractivity contribution in [2.45, 2.75) is 70.6 Å². The van der Waals surface area contributed by atoms with Crippen LogP contribution in [0.4, 0.5) is 0 Å². The van der Waals surface area contributed by atoms with Gasteiger partial charge in [0.05, 0.1) is 0 Å². The van der Waals surface area contributed by atoms with E-state index >= 15 is 0 Å². The molecule has 0 aromatic heterocycles. The number of hydrogen-bond donors (Lipinski definition) is 0. The Morgan fingerprint density at radius 2 is 1.62 bits per heavy atom. The Morgan fingerprint density at radius 1 is 0.962 bits per heavy atom. The van der Waals surface area contributed by atoms with Crippen molar-refractivity contribution in [3.05, 3.63) is 71.3 Å². The van der Waals surface area contributed by atoms with Crippen LogP contribution < -0.4 is 0 Å². The molecule has 1 atom stereocenters. The van der Waals surface area contributed by atoms with Crippen molar-refractivity contribution in [2.24, 2.45) is 5.92 Å². The third kappa shape index (κ3) is 4.63. The van der Waals surface area contributed by atoms with E-state index < -0.39 is 0 Å². The molecule has 3 rings (SSSR count). The second-order valence-corrected chi connectivity index (χ2v) is 7.98. The third-order valence-corrected chi connectivity index (χ3v) is 6.17. The number of ketones is 1. The lowest BCUT2D eigenvalue weighted by Gasteiger charge is -2.29. The van der Waals surface area contributed by atoms with Crippen molar-refractivity contribution in [2.75, 3.05) is 0 Å². The highest BCUT2D eigenvalue weighted by Crippen LogP contribution is 2.37. The van der Waals surface area contributed by atoms with E-state index in [0.717, 1.165) is 17.0 Å². The SMILES string of the molecule is CCCCC1CCC(c2ccc(C(=O)[C@@H](C)c3ccccc3)cc2)CC1. The summed E-state index contributed by atoms with van der Waals surface area (Å²) < 4.78 is 0. The van der Waals surface area contributed by atoms with Crippen LogP contribution in [0, 0.1) is 5.92 Å². The van der Waals surface area contributed by atoms with Crippen molar-refractivity contribution in [1.29, 1.82) is 0 Å². The summed E-state index contributed by atoms with van der Waals surface area (Å²) in [5, 5.41) is 0. The molecule has 2 aromatic rings. The number of unbranched alkanes of at least 4 members (excludes halogenated alkanes) is 1. The smallest absolute Gasteiger partial charge is 0.170 e. The molecule has 0 spiro atoms. The van der Waals surface area contributed by atoms with Gasteiger partial charge in [-0.05, 0) is 48.6 Å². The predicted octanol–water partition coefficient (Wildman–Crippen LogP) is 7.14. The van der Waals surface area contributed by atoms with Crippen LogP contribution in [0.2, 0.25) is 0 Å². The van der Waals surface area contributed by atoms with Gasteiger partial charge in [-0.3, -0.25) is 4.79 Å². The fourth-order valence-electron chi connectivity index (χ4n) is 4.34. The lowest BCUT2D eigenvalue weighted by atomic mass is 9.77. The molecule has 1 heteroatoms. The summed E-state index contributed by atoms with van der Waals surface area (Å²) in [6.07, 6.45) is 9.47. The zero-order chi connectivity index (χ0) is 18.4. The topological polar surface area (TPSA) is 17.1 Å². The first-order chi connectivity index (χ1) is 12.7. The molecule has 1 aliphatic rings. The highest BCUT2D eigenvalue weighted by molar-refractivity contribution is 6.00. The first-order valence-electron chi connectivity index (χ1n) is 10.4. The fourth-order valence-corrected chi connectivity index (χ4v) is 4.34. The van der Waals surface area contributed by atoms with Gasteiger partial charge >= 0.3 is 0 Å². The number of Topliss-reactive ketones (excluding diaryl/α,β-unsaturated/α-hetero) is 1. The van der Waals surface area contributed by atoms with Gasteiger partial charge in [-0.25, -0.2) is 0 Å². The Bertz CT molecular complexity index is 678. The standard InChI is InChI=1S/C25H32O/c1-3-4-8-20-11-13-22(14-12-20)23-15-17-24(18-16-23)25(26)19(2)21-9-6-5-7-10-21/h5-7,9-10,15-20,22H,3-4,8,11-14H2,1-2H3/t19-,20?,22?/m0/s1. The summed E-state index contributed by atoms with van der Waals surface area (Å²) in [4.78, 5) is 12.8. The van der Waals surface area contributed by atoms with Crippen LogP contribution in [0.15, 0.2) is 54.6 Å². The summed E-state index contributed by atoms with van der Waals surface area (Å²) in [6, 6.07) is 18.5. The second-order valence-electron chi connectivity index (χ2n) is 7.98. The van der Waals surface area contributed by atoms with Crippen LogP contribution in [0.25, 0.3) is 0 Å². The van der Waals surface area contributed by atoms with Crippen LogP contribution in [0.1, 0.15) is 92.1 Å². The van der Waals surface area contributed by atoms with E-state index in [1.807, 2.05) is 49.4 Å². The first kappa shape index (κ1) is 18.9. The molecule has 0 heterocycles. The monoisotopic (exact) mass is 348 g/mol. The first-order valence-corrected chi connectivity index (χ1v) is 10.4. The maximum atomic E-state index is 12.8. The lowest BCUT2D eigenvalue weighted by molar-refractivity contribution is 0.0966. The van der Waals surface area contributed by atoms with E-state index in [9.17, 15) is 4.79 Å². The molecule has 1 saturated carbocycles. The van der Waals surface area contributed by atoms with E-state index in [2.05, 4.69) is 19.1 Å². The van der Waals surface area contributed by atoms with Gasteiger partial charge in [0.2, 0.25) is 0 Å².